The van der Waals surface area contributed by atoms with Gasteiger partial charge in [-0.25, -0.2) is 22.2 Å². The van der Waals surface area contributed by atoms with Crippen LogP contribution in [0.3, 0.4) is 0 Å². The number of hydrogen-bond acceptors (Lipinski definition) is 7. The van der Waals surface area contributed by atoms with Gasteiger partial charge in [-0.3, -0.25) is 10.9 Å². The summed E-state index contributed by atoms with van der Waals surface area (Å²) in [6.07, 6.45) is 6.03. The minimum atomic E-state index is -3.33. The molecule has 1 aliphatic carbocycles. The van der Waals surface area contributed by atoms with E-state index in [4.69, 9.17) is 4.74 Å². The number of fused-ring (bicyclic) bond motifs is 1. The van der Waals surface area contributed by atoms with E-state index in [1.807, 2.05) is 32.2 Å². The zero-order valence-electron chi connectivity index (χ0n) is 17.5. The first-order chi connectivity index (χ1) is 14.4. The lowest BCUT2D eigenvalue weighted by Crippen LogP contribution is -2.49. The Bertz CT molecular complexity index is 1000. The van der Waals surface area contributed by atoms with Crippen LogP contribution in [0.2, 0.25) is 0 Å². The van der Waals surface area contributed by atoms with Crippen LogP contribution >= 0.6 is 0 Å². The summed E-state index contributed by atoms with van der Waals surface area (Å²) in [5, 5.41) is 4.09. The van der Waals surface area contributed by atoms with E-state index >= 15 is 0 Å². The van der Waals surface area contributed by atoms with Crippen LogP contribution in [0.1, 0.15) is 51.1 Å². The van der Waals surface area contributed by atoms with E-state index in [2.05, 4.69) is 20.9 Å². The van der Waals surface area contributed by atoms with E-state index in [0.29, 0.717) is 37.4 Å². The van der Waals surface area contributed by atoms with Gasteiger partial charge in [0.15, 0.2) is 5.65 Å². The Hall–Kier alpha value is -1.75. The van der Waals surface area contributed by atoms with E-state index in [0.717, 1.165) is 24.2 Å². The lowest BCUT2D eigenvalue weighted by molar-refractivity contribution is 0.179. The topological polar surface area (TPSA) is 101 Å². The summed E-state index contributed by atoms with van der Waals surface area (Å²) in [5.74, 6) is 1.51. The van der Waals surface area contributed by atoms with Crippen molar-refractivity contribution >= 4 is 15.7 Å². The number of hydrazine groups is 1. The summed E-state index contributed by atoms with van der Waals surface area (Å²) in [6.45, 7) is 5.47. The predicted molar refractivity (Wildman–Crippen MR) is 113 cm³/mol. The summed E-state index contributed by atoms with van der Waals surface area (Å²) in [7, 11) is -3.33. The molecule has 2 atom stereocenters. The van der Waals surface area contributed by atoms with Crippen molar-refractivity contribution in [2.45, 2.75) is 62.8 Å². The van der Waals surface area contributed by atoms with Crippen LogP contribution in [0.25, 0.3) is 5.65 Å². The molecule has 2 unspecified atom stereocenters. The molecular formula is C20H30N6O3S. The van der Waals surface area contributed by atoms with Gasteiger partial charge in [0.25, 0.3) is 0 Å². The number of sulfonamides is 1. The van der Waals surface area contributed by atoms with Crippen molar-refractivity contribution in [3.8, 4) is 5.88 Å². The van der Waals surface area contributed by atoms with Crippen LogP contribution in [0, 0.1) is 5.92 Å². The van der Waals surface area contributed by atoms with E-state index < -0.39 is 15.3 Å². The van der Waals surface area contributed by atoms with Crippen molar-refractivity contribution in [1.82, 2.24) is 29.8 Å². The van der Waals surface area contributed by atoms with E-state index in [1.165, 1.54) is 12.8 Å². The van der Waals surface area contributed by atoms with Crippen LogP contribution in [-0.4, -0.2) is 64.4 Å². The van der Waals surface area contributed by atoms with Crippen molar-refractivity contribution in [2.75, 3.05) is 19.7 Å². The third-order valence-electron chi connectivity index (χ3n) is 6.58. The van der Waals surface area contributed by atoms with Gasteiger partial charge in [-0.05, 0) is 51.5 Å². The number of nitrogens with zero attached hydrogens (tertiary/aromatic N) is 4. The molecule has 5 rings (SSSR count). The maximum absolute atomic E-state index is 13.1. The standard InChI is InChI=1S/C20H30N6O3S/c1-13-20(14(2)23-22-13)30(27,28)25-9-7-15(8-10-25)12-29-19-6-5-18-21-17(16-3-4-16)11-26(18)24-19/h5-6,11,13-16,20,22-23H,3-4,7-10,12H2,1-2H3. The SMILES string of the molecule is CC1NNC(C)C1S(=O)(=O)N1CCC(COc2ccc3nc(C4CC4)cn3n2)CC1. The highest BCUT2D eigenvalue weighted by atomic mass is 32.2. The Morgan fingerprint density at radius 2 is 1.80 bits per heavy atom. The van der Waals surface area contributed by atoms with E-state index in [9.17, 15) is 8.42 Å². The maximum Gasteiger partial charge on any atom is 0.231 e. The Morgan fingerprint density at radius 1 is 1.10 bits per heavy atom. The number of aromatic nitrogens is 3. The van der Waals surface area contributed by atoms with Crippen LogP contribution in [0.4, 0.5) is 0 Å². The highest BCUT2D eigenvalue weighted by Crippen LogP contribution is 2.39. The summed E-state index contributed by atoms with van der Waals surface area (Å²) in [6, 6.07) is 3.60. The van der Waals surface area contributed by atoms with Gasteiger partial charge in [0, 0.05) is 37.2 Å². The average molecular weight is 435 g/mol. The van der Waals surface area contributed by atoms with Crippen molar-refractivity contribution in [2.24, 2.45) is 5.92 Å². The van der Waals surface area contributed by atoms with E-state index in [1.54, 1.807) is 8.82 Å². The van der Waals surface area contributed by atoms with Crippen molar-refractivity contribution in [3.63, 3.8) is 0 Å². The molecule has 2 N–H and O–H groups in total. The molecule has 2 aromatic rings. The number of imidazole rings is 1. The second kappa shape index (κ2) is 7.74. The van der Waals surface area contributed by atoms with Gasteiger partial charge in [-0.2, -0.15) is 0 Å². The number of piperidine rings is 1. The summed E-state index contributed by atoms with van der Waals surface area (Å²) in [5.41, 5.74) is 8.06. The monoisotopic (exact) mass is 434 g/mol. The third kappa shape index (κ3) is 3.81. The van der Waals surface area contributed by atoms with Crippen molar-refractivity contribution in [3.05, 3.63) is 24.0 Å². The Kier molecular flexibility index (Phi) is 5.20. The molecule has 9 nitrogen and oxygen atoms in total. The number of rotatable bonds is 6. The van der Waals surface area contributed by atoms with Gasteiger partial charge in [-0.15, -0.1) is 5.10 Å². The highest BCUT2D eigenvalue weighted by molar-refractivity contribution is 7.89. The molecule has 10 heteroatoms. The van der Waals surface area contributed by atoms with Crippen LogP contribution in [-0.2, 0) is 10.0 Å². The van der Waals surface area contributed by atoms with Gasteiger partial charge in [0.1, 0.15) is 5.25 Å². The fourth-order valence-electron chi connectivity index (χ4n) is 4.62. The predicted octanol–water partition coefficient (Wildman–Crippen LogP) is 1.28. The quantitative estimate of drug-likeness (QED) is 0.706. The maximum atomic E-state index is 13.1. The second-order valence-electron chi connectivity index (χ2n) is 8.94. The molecule has 30 heavy (non-hydrogen) atoms. The van der Waals surface area contributed by atoms with Crippen LogP contribution < -0.4 is 15.6 Å². The Balaban J connectivity index is 1.16. The van der Waals surface area contributed by atoms with Gasteiger partial charge < -0.3 is 4.74 Å². The largest absolute Gasteiger partial charge is 0.476 e. The zero-order chi connectivity index (χ0) is 20.9. The van der Waals surface area contributed by atoms with Gasteiger partial charge in [-0.1, -0.05) is 0 Å². The number of ether oxygens (including phenoxy) is 1. The molecule has 2 aromatic heterocycles. The van der Waals surface area contributed by atoms with E-state index in [-0.39, 0.29) is 12.1 Å². The highest BCUT2D eigenvalue weighted by Gasteiger charge is 2.44. The molecule has 0 radical (unpaired) electrons. The fraction of sp³-hybridized carbons (Fsp3) is 0.700. The molecule has 3 fully saturated rings. The molecule has 1 saturated carbocycles. The third-order valence-corrected chi connectivity index (χ3v) is 9.17. The van der Waals surface area contributed by atoms with Gasteiger partial charge in [0.2, 0.25) is 15.9 Å². The van der Waals surface area contributed by atoms with Crippen molar-refractivity contribution in [1.29, 1.82) is 0 Å². The molecule has 164 valence electrons. The van der Waals surface area contributed by atoms with Crippen LogP contribution in [0.15, 0.2) is 18.3 Å². The summed E-state index contributed by atoms with van der Waals surface area (Å²) < 4.78 is 35.5. The second-order valence-corrected chi connectivity index (χ2v) is 11.0. The van der Waals surface area contributed by atoms with Crippen LogP contribution in [0.5, 0.6) is 5.88 Å². The number of hydrogen-bond donors (Lipinski definition) is 2. The lowest BCUT2D eigenvalue weighted by atomic mass is 9.99. The average Bonchev–Trinajstić information content (AvgIpc) is 3.41. The Labute approximate surface area is 177 Å². The molecule has 2 aliphatic heterocycles. The molecule has 2 saturated heterocycles. The first-order valence-corrected chi connectivity index (χ1v) is 12.4. The lowest BCUT2D eigenvalue weighted by Gasteiger charge is -2.34. The minimum absolute atomic E-state index is 0.101. The fourth-order valence-corrected chi connectivity index (χ4v) is 6.85. The molecule has 0 bridgehead atoms. The van der Waals surface area contributed by atoms with Crippen molar-refractivity contribution < 1.29 is 13.2 Å². The summed E-state index contributed by atoms with van der Waals surface area (Å²) >= 11 is 0. The number of nitrogens with one attached hydrogen (secondary N) is 2. The van der Waals surface area contributed by atoms with Gasteiger partial charge >= 0.3 is 0 Å². The first-order valence-electron chi connectivity index (χ1n) is 10.9. The normalized spacial score (nSPS) is 28.9. The Morgan fingerprint density at radius 3 is 2.47 bits per heavy atom. The molecule has 4 heterocycles. The molecule has 0 spiro atoms. The smallest absolute Gasteiger partial charge is 0.231 e. The molecule has 0 amide bonds. The first kappa shape index (κ1) is 20.2. The minimum Gasteiger partial charge on any atom is -0.476 e. The zero-order valence-corrected chi connectivity index (χ0v) is 18.3. The van der Waals surface area contributed by atoms with Gasteiger partial charge in [0.05, 0.1) is 18.5 Å². The molecule has 0 aromatic carbocycles. The molecule has 3 aliphatic rings. The molecular weight excluding hydrogens is 404 g/mol. The summed E-state index contributed by atoms with van der Waals surface area (Å²) in [4.78, 5) is 4.61.